The number of nitro groups is 1. The van der Waals surface area contributed by atoms with Crippen molar-refractivity contribution < 1.29 is 19.2 Å². The molecule has 0 atom stereocenters. The Morgan fingerprint density at radius 3 is 2.43 bits per heavy atom. The summed E-state index contributed by atoms with van der Waals surface area (Å²) < 4.78 is 4.59. The smallest absolute Gasteiger partial charge is 0.348 e. The molecule has 0 spiro atoms. The molecule has 8 heteroatoms. The maximum atomic E-state index is 12.0. The molecular weight excluding hydrogens is 320 g/mol. The number of esters is 1. The summed E-state index contributed by atoms with van der Waals surface area (Å²) >= 11 is 1.06. The van der Waals surface area contributed by atoms with Gasteiger partial charge in [-0.15, -0.1) is 11.3 Å². The topological polar surface area (TPSA) is 98.5 Å². The molecule has 120 valence electrons. The van der Waals surface area contributed by atoms with Gasteiger partial charge in [-0.3, -0.25) is 14.9 Å². The maximum absolute atomic E-state index is 12.0. The summed E-state index contributed by atoms with van der Waals surface area (Å²) in [6.07, 6.45) is 0.555. The van der Waals surface area contributed by atoms with E-state index in [1.54, 1.807) is 24.3 Å². The largest absolute Gasteiger partial charge is 0.465 e. The fourth-order valence-electron chi connectivity index (χ4n) is 1.86. The number of nitrogens with one attached hydrogen (secondary N) is 1. The Morgan fingerprint density at radius 2 is 1.83 bits per heavy atom. The van der Waals surface area contributed by atoms with Gasteiger partial charge in [-0.05, 0) is 24.1 Å². The highest BCUT2D eigenvalue weighted by Crippen LogP contribution is 2.17. The summed E-state index contributed by atoms with van der Waals surface area (Å²) in [6, 6.07) is 9.29. The Hall–Kier alpha value is -2.74. The van der Waals surface area contributed by atoms with Gasteiger partial charge in [-0.25, -0.2) is 4.79 Å². The van der Waals surface area contributed by atoms with E-state index in [1.807, 2.05) is 0 Å². The van der Waals surface area contributed by atoms with E-state index in [2.05, 4.69) is 10.1 Å². The summed E-state index contributed by atoms with van der Waals surface area (Å²) in [7, 11) is 1.28. The Morgan fingerprint density at radius 1 is 1.17 bits per heavy atom. The minimum atomic E-state index is -0.472. The van der Waals surface area contributed by atoms with Gasteiger partial charge in [-0.2, -0.15) is 0 Å². The van der Waals surface area contributed by atoms with Crippen molar-refractivity contribution >= 4 is 28.9 Å². The number of methoxy groups -OCH3 is 1. The number of ether oxygens (including phenoxy) is 1. The third-order valence-electron chi connectivity index (χ3n) is 3.06. The number of carbonyl (C=O) groups excluding carboxylic acids is 2. The van der Waals surface area contributed by atoms with Gasteiger partial charge >= 0.3 is 5.97 Å². The van der Waals surface area contributed by atoms with Crippen molar-refractivity contribution in [1.82, 2.24) is 5.32 Å². The Kier molecular flexibility index (Phi) is 5.42. The Bertz CT molecular complexity index is 724. The molecule has 0 aliphatic heterocycles. The molecule has 0 saturated heterocycles. The summed E-state index contributed by atoms with van der Waals surface area (Å²) in [6.45, 7) is 0.391. The second kappa shape index (κ2) is 7.50. The summed E-state index contributed by atoms with van der Waals surface area (Å²) in [5, 5.41) is 13.3. The van der Waals surface area contributed by atoms with E-state index in [0.29, 0.717) is 22.7 Å². The zero-order chi connectivity index (χ0) is 16.8. The number of nitro benzene ring substituents is 1. The minimum Gasteiger partial charge on any atom is -0.465 e. The molecule has 2 aromatic rings. The first-order valence-electron chi connectivity index (χ1n) is 6.71. The first kappa shape index (κ1) is 16.6. The molecule has 1 aromatic carbocycles. The summed E-state index contributed by atoms with van der Waals surface area (Å²) in [4.78, 5) is 34.2. The molecule has 0 unspecified atom stereocenters. The molecule has 0 aliphatic rings. The van der Waals surface area contributed by atoms with Crippen LogP contribution in [0, 0.1) is 10.1 Å². The lowest BCUT2D eigenvalue weighted by molar-refractivity contribution is -0.384. The van der Waals surface area contributed by atoms with Crippen molar-refractivity contribution in [3.63, 3.8) is 0 Å². The fraction of sp³-hybridized carbons (Fsp3) is 0.200. The zero-order valence-corrected chi connectivity index (χ0v) is 13.1. The number of benzene rings is 1. The van der Waals surface area contributed by atoms with Crippen LogP contribution in [0.2, 0.25) is 0 Å². The lowest BCUT2D eigenvalue weighted by atomic mass is 10.1. The van der Waals surface area contributed by atoms with E-state index in [4.69, 9.17) is 0 Å². The normalized spacial score (nSPS) is 10.1. The molecule has 0 radical (unpaired) electrons. The van der Waals surface area contributed by atoms with Crippen molar-refractivity contribution in [2.24, 2.45) is 0 Å². The van der Waals surface area contributed by atoms with Gasteiger partial charge in [0.25, 0.3) is 11.6 Å². The first-order chi connectivity index (χ1) is 11.0. The standard InChI is InChI=1S/C15H14N2O5S/c1-22-15(19)13-7-6-12(23-13)14(18)16-9-8-10-2-4-11(5-3-10)17(20)21/h2-7H,8-9H2,1H3,(H,16,18). The van der Waals surface area contributed by atoms with Crippen LogP contribution in [0.15, 0.2) is 36.4 Å². The van der Waals surface area contributed by atoms with Crippen molar-refractivity contribution in [2.75, 3.05) is 13.7 Å². The van der Waals surface area contributed by atoms with E-state index in [-0.39, 0.29) is 11.6 Å². The van der Waals surface area contributed by atoms with Gasteiger partial charge in [0, 0.05) is 18.7 Å². The first-order valence-corrected chi connectivity index (χ1v) is 7.52. The molecule has 0 saturated carbocycles. The van der Waals surface area contributed by atoms with Crippen molar-refractivity contribution in [2.45, 2.75) is 6.42 Å². The predicted octanol–water partition coefficient (Wildman–Crippen LogP) is 2.42. The third-order valence-corrected chi connectivity index (χ3v) is 4.13. The summed E-state index contributed by atoms with van der Waals surface area (Å²) in [5.41, 5.74) is 0.920. The molecule has 1 aromatic heterocycles. The van der Waals surface area contributed by atoms with Crippen molar-refractivity contribution in [3.8, 4) is 0 Å². The van der Waals surface area contributed by atoms with E-state index in [0.717, 1.165) is 16.9 Å². The number of carbonyl (C=O) groups is 2. The van der Waals surface area contributed by atoms with Crippen LogP contribution in [-0.2, 0) is 11.2 Å². The molecule has 1 amide bonds. The summed E-state index contributed by atoms with van der Waals surface area (Å²) in [5.74, 6) is -0.744. The van der Waals surface area contributed by atoms with E-state index in [9.17, 15) is 19.7 Å². The van der Waals surface area contributed by atoms with E-state index < -0.39 is 10.9 Å². The van der Waals surface area contributed by atoms with Gasteiger partial charge in [0.1, 0.15) is 4.88 Å². The monoisotopic (exact) mass is 334 g/mol. The average molecular weight is 334 g/mol. The number of non-ortho nitro benzene ring substituents is 1. The van der Waals surface area contributed by atoms with Crippen LogP contribution in [0.3, 0.4) is 0 Å². The molecule has 0 bridgehead atoms. The van der Waals surface area contributed by atoms with Crippen LogP contribution in [0.1, 0.15) is 24.9 Å². The molecule has 1 heterocycles. The third kappa shape index (κ3) is 4.36. The number of nitrogens with zero attached hydrogens (tertiary/aromatic N) is 1. The number of thiophene rings is 1. The average Bonchev–Trinajstić information content (AvgIpc) is 3.04. The second-order valence-electron chi connectivity index (χ2n) is 4.58. The van der Waals surface area contributed by atoms with Crippen LogP contribution in [-0.4, -0.2) is 30.5 Å². The number of hydrogen-bond acceptors (Lipinski definition) is 6. The molecule has 2 rings (SSSR count). The van der Waals surface area contributed by atoms with Crippen LogP contribution >= 0.6 is 11.3 Å². The van der Waals surface area contributed by atoms with Gasteiger partial charge in [0.05, 0.1) is 16.9 Å². The molecule has 1 N–H and O–H groups in total. The van der Waals surface area contributed by atoms with Crippen LogP contribution in [0.4, 0.5) is 5.69 Å². The van der Waals surface area contributed by atoms with E-state index >= 15 is 0 Å². The Balaban J connectivity index is 1.86. The molecule has 23 heavy (non-hydrogen) atoms. The number of rotatable bonds is 6. The fourth-order valence-corrected chi connectivity index (χ4v) is 2.70. The minimum absolute atomic E-state index is 0.0340. The molecular formula is C15H14N2O5S. The molecule has 0 aliphatic carbocycles. The van der Waals surface area contributed by atoms with Gasteiger partial charge in [0.15, 0.2) is 0 Å². The SMILES string of the molecule is COC(=O)c1ccc(C(=O)NCCc2ccc([N+](=O)[O-])cc2)s1. The van der Waals surface area contributed by atoms with Crippen LogP contribution in [0.25, 0.3) is 0 Å². The lowest BCUT2D eigenvalue weighted by Gasteiger charge is -2.04. The van der Waals surface area contributed by atoms with Gasteiger partial charge in [-0.1, -0.05) is 12.1 Å². The van der Waals surface area contributed by atoms with Crippen molar-refractivity contribution in [1.29, 1.82) is 0 Å². The quantitative estimate of drug-likeness (QED) is 0.497. The Labute approximate surface area is 136 Å². The predicted molar refractivity (Wildman–Crippen MR) is 84.8 cm³/mol. The van der Waals surface area contributed by atoms with Gasteiger partial charge in [0.2, 0.25) is 0 Å². The molecule has 7 nitrogen and oxygen atoms in total. The number of amides is 1. The highest BCUT2D eigenvalue weighted by Gasteiger charge is 2.13. The van der Waals surface area contributed by atoms with Crippen LogP contribution in [0.5, 0.6) is 0 Å². The van der Waals surface area contributed by atoms with Crippen LogP contribution < -0.4 is 5.32 Å². The van der Waals surface area contributed by atoms with E-state index in [1.165, 1.54) is 19.2 Å². The highest BCUT2D eigenvalue weighted by molar-refractivity contribution is 7.15. The van der Waals surface area contributed by atoms with Gasteiger partial charge < -0.3 is 10.1 Å². The second-order valence-corrected chi connectivity index (χ2v) is 5.67. The van der Waals surface area contributed by atoms with Crippen molar-refractivity contribution in [3.05, 3.63) is 61.8 Å². The zero-order valence-electron chi connectivity index (χ0n) is 12.3. The molecule has 0 fully saturated rings. The number of hydrogen-bond donors (Lipinski definition) is 1. The highest BCUT2D eigenvalue weighted by atomic mass is 32.1. The lowest BCUT2D eigenvalue weighted by Crippen LogP contribution is -2.24. The maximum Gasteiger partial charge on any atom is 0.348 e.